The third kappa shape index (κ3) is 1.75. The topological polar surface area (TPSA) is 17.8 Å². The third-order valence-corrected chi connectivity index (χ3v) is 4.78. The van der Waals surface area contributed by atoms with Gasteiger partial charge in [0, 0.05) is 7.05 Å². The number of fused-ring (bicyclic) bond motifs is 1. The fraction of sp³-hybridized carbons (Fsp3) is 0.562. The molecule has 0 amide bonds. The number of hydrogen-bond acceptors (Lipinski definition) is 1. The monoisotopic (exact) mass is 242 g/mol. The van der Waals surface area contributed by atoms with Gasteiger partial charge in [0.25, 0.3) is 0 Å². The first-order valence-electron chi connectivity index (χ1n) is 6.81. The van der Waals surface area contributed by atoms with Crippen LogP contribution < -0.4 is 0 Å². The molecule has 1 aromatic heterocycles. The standard InChI is InChI=1S/C16H22N2/c1-15(2,3)16(7-8-16)10-12-5-6-13-14(9-12)18(4)11-17-13/h5-6,9,11H,7-8,10H2,1-4H3. The molecular weight excluding hydrogens is 220 g/mol. The van der Waals surface area contributed by atoms with Crippen LogP contribution in [0.3, 0.4) is 0 Å². The van der Waals surface area contributed by atoms with Crippen molar-refractivity contribution >= 4 is 11.0 Å². The first kappa shape index (κ1) is 11.8. The summed E-state index contributed by atoms with van der Waals surface area (Å²) in [4.78, 5) is 4.38. The highest BCUT2D eigenvalue weighted by atomic mass is 15.0. The highest BCUT2D eigenvalue weighted by molar-refractivity contribution is 5.76. The summed E-state index contributed by atoms with van der Waals surface area (Å²) < 4.78 is 2.11. The van der Waals surface area contributed by atoms with E-state index >= 15 is 0 Å². The Morgan fingerprint density at radius 3 is 2.61 bits per heavy atom. The van der Waals surface area contributed by atoms with E-state index in [1.54, 1.807) is 0 Å². The number of imidazole rings is 1. The molecule has 0 bridgehead atoms. The Morgan fingerprint density at radius 1 is 1.28 bits per heavy atom. The Kier molecular flexibility index (Phi) is 2.35. The van der Waals surface area contributed by atoms with Crippen LogP contribution in [0.25, 0.3) is 11.0 Å². The lowest BCUT2D eigenvalue weighted by Crippen LogP contribution is -2.24. The average molecular weight is 242 g/mol. The molecule has 0 saturated heterocycles. The molecule has 1 fully saturated rings. The minimum absolute atomic E-state index is 0.411. The Labute approximate surface area is 109 Å². The van der Waals surface area contributed by atoms with Crippen LogP contribution in [0.2, 0.25) is 0 Å². The van der Waals surface area contributed by atoms with Gasteiger partial charge in [0.1, 0.15) is 0 Å². The lowest BCUT2D eigenvalue weighted by molar-refractivity contribution is 0.212. The third-order valence-electron chi connectivity index (χ3n) is 4.78. The van der Waals surface area contributed by atoms with Crippen molar-refractivity contribution in [3.8, 4) is 0 Å². The van der Waals surface area contributed by atoms with Gasteiger partial charge in [-0.05, 0) is 47.8 Å². The maximum Gasteiger partial charge on any atom is 0.0955 e. The second kappa shape index (κ2) is 3.59. The van der Waals surface area contributed by atoms with Crippen LogP contribution in [0.5, 0.6) is 0 Å². The second-order valence-electron chi connectivity index (χ2n) is 6.89. The summed E-state index contributed by atoms with van der Waals surface area (Å²) in [5, 5.41) is 0. The van der Waals surface area contributed by atoms with E-state index in [1.165, 1.54) is 30.3 Å². The van der Waals surface area contributed by atoms with Crippen LogP contribution in [-0.2, 0) is 13.5 Å². The van der Waals surface area contributed by atoms with E-state index in [9.17, 15) is 0 Å². The van der Waals surface area contributed by atoms with Crippen molar-refractivity contribution in [3.63, 3.8) is 0 Å². The van der Waals surface area contributed by atoms with Gasteiger partial charge in [-0.1, -0.05) is 26.8 Å². The van der Waals surface area contributed by atoms with Crippen molar-refractivity contribution in [1.82, 2.24) is 9.55 Å². The first-order valence-corrected chi connectivity index (χ1v) is 6.81. The van der Waals surface area contributed by atoms with E-state index in [0.29, 0.717) is 10.8 Å². The fourth-order valence-corrected chi connectivity index (χ4v) is 3.02. The number of nitrogens with zero attached hydrogens (tertiary/aromatic N) is 2. The number of aryl methyl sites for hydroxylation is 1. The summed E-state index contributed by atoms with van der Waals surface area (Å²) in [5.41, 5.74) is 4.74. The maximum absolute atomic E-state index is 4.38. The van der Waals surface area contributed by atoms with Crippen molar-refractivity contribution in [3.05, 3.63) is 30.1 Å². The molecule has 1 aliphatic rings. The van der Waals surface area contributed by atoms with Crippen molar-refractivity contribution in [2.24, 2.45) is 17.9 Å². The number of rotatable bonds is 2. The van der Waals surface area contributed by atoms with Crippen LogP contribution in [0, 0.1) is 10.8 Å². The molecule has 0 N–H and O–H groups in total. The van der Waals surface area contributed by atoms with Crippen LogP contribution in [-0.4, -0.2) is 9.55 Å². The van der Waals surface area contributed by atoms with Gasteiger partial charge in [0.05, 0.1) is 17.4 Å². The van der Waals surface area contributed by atoms with Gasteiger partial charge in [-0.15, -0.1) is 0 Å². The van der Waals surface area contributed by atoms with Crippen LogP contribution in [0.1, 0.15) is 39.2 Å². The molecular formula is C16H22N2. The average Bonchev–Trinajstić information content (AvgIpc) is 2.99. The second-order valence-corrected chi connectivity index (χ2v) is 6.89. The summed E-state index contributed by atoms with van der Waals surface area (Å²) in [6, 6.07) is 6.72. The van der Waals surface area contributed by atoms with E-state index in [2.05, 4.69) is 55.6 Å². The zero-order valence-corrected chi connectivity index (χ0v) is 11.8. The van der Waals surface area contributed by atoms with E-state index in [-0.39, 0.29) is 0 Å². The molecule has 18 heavy (non-hydrogen) atoms. The predicted molar refractivity (Wildman–Crippen MR) is 75.5 cm³/mol. The predicted octanol–water partition coefficient (Wildman–Crippen LogP) is 3.94. The Bertz CT molecular complexity index is 583. The molecule has 1 heterocycles. The molecule has 0 unspecified atom stereocenters. The maximum atomic E-state index is 4.38. The number of benzene rings is 1. The highest BCUT2D eigenvalue weighted by Crippen LogP contribution is 2.60. The summed E-state index contributed by atoms with van der Waals surface area (Å²) in [5.74, 6) is 0. The normalized spacial score (nSPS) is 18.2. The summed E-state index contributed by atoms with van der Waals surface area (Å²) in [7, 11) is 2.07. The molecule has 0 aliphatic heterocycles. The van der Waals surface area contributed by atoms with E-state index in [0.717, 1.165) is 5.52 Å². The molecule has 2 heteroatoms. The van der Waals surface area contributed by atoms with Gasteiger partial charge in [-0.2, -0.15) is 0 Å². The van der Waals surface area contributed by atoms with Crippen molar-refractivity contribution < 1.29 is 0 Å². The minimum atomic E-state index is 0.411. The first-order chi connectivity index (χ1) is 8.41. The van der Waals surface area contributed by atoms with Crippen LogP contribution in [0.15, 0.2) is 24.5 Å². The molecule has 0 spiro atoms. The van der Waals surface area contributed by atoms with Crippen LogP contribution >= 0.6 is 0 Å². The SMILES string of the molecule is Cn1cnc2ccc(CC3(C(C)(C)C)CC3)cc21. The molecule has 1 aromatic carbocycles. The Balaban J connectivity index is 1.94. The minimum Gasteiger partial charge on any atom is -0.334 e. The smallest absolute Gasteiger partial charge is 0.0955 e. The van der Waals surface area contributed by atoms with Gasteiger partial charge in [0.2, 0.25) is 0 Å². The Hall–Kier alpha value is -1.31. The molecule has 0 atom stereocenters. The zero-order chi connectivity index (χ0) is 13.0. The fourth-order valence-electron chi connectivity index (χ4n) is 3.02. The van der Waals surface area contributed by atoms with Crippen molar-refractivity contribution in [2.45, 2.75) is 40.0 Å². The Morgan fingerprint density at radius 2 is 2.00 bits per heavy atom. The van der Waals surface area contributed by atoms with Gasteiger partial charge in [-0.3, -0.25) is 0 Å². The van der Waals surface area contributed by atoms with Gasteiger partial charge < -0.3 is 4.57 Å². The van der Waals surface area contributed by atoms with Crippen molar-refractivity contribution in [1.29, 1.82) is 0 Å². The number of hydrogen-bond donors (Lipinski definition) is 0. The zero-order valence-electron chi connectivity index (χ0n) is 11.8. The lowest BCUT2D eigenvalue weighted by atomic mass is 9.74. The highest BCUT2D eigenvalue weighted by Gasteiger charge is 2.51. The summed E-state index contributed by atoms with van der Waals surface area (Å²) in [6.07, 6.45) is 5.85. The summed E-state index contributed by atoms with van der Waals surface area (Å²) in [6.45, 7) is 7.13. The molecule has 96 valence electrons. The quantitative estimate of drug-likeness (QED) is 0.780. The molecule has 0 radical (unpaired) electrons. The van der Waals surface area contributed by atoms with Gasteiger partial charge in [0.15, 0.2) is 0 Å². The largest absolute Gasteiger partial charge is 0.334 e. The molecule has 1 saturated carbocycles. The number of aromatic nitrogens is 2. The molecule has 3 rings (SSSR count). The van der Waals surface area contributed by atoms with E-state index < -0.39 is 0 Å². The summed E-state index contributed by atoms with van der Waals surface area (Å²) >= 11 is 0. The van der Waals surface area contributed by atoms with E-state index in [4.69, 9.17) is 0 Å². The van der Waals surface area contributed by atoms with Crippen molar-refractivity contribution in [2.75, 3.05) is 0 Å². The lowest BCUT2D eigenvalue weighted by Gasteiger charge is -2.31. The van der Waals surface area contributed by atoms with E-state index in [1.807, 2.05) is 6.33 Å². The molecule has 2 nitrogen and oxygen atoms in total. The van der Waals surface area contributed by atoms with Gasteiger partial charge in [-0.25, -0.2) is 4.98 Å². The van der Waals surface area contributed by atoms with Gasteiger partial charge >= 0.3 is 0 Å². The van der Waals surface area contributed by atoms with Crippen LogP contribution in [0.4, 0.5) is 0 Å². The molecule has 1 aliphatic carbocycles. The molecule has 2 aromatic rings.